The van der Waals surface area contributed by atoms with E-state index in [2.05, 4.69) is 20.6 Å². The average Bonchev–Trinajstić information content (AvgIpc) is 2.68. The van der Waals surface area contributed by atoms with Gasteiger partial charge in [-0.2, -0.15) is 0 Å². The van der Waals surface area contributed by atoms with E-state index in [0.29, 0.717) is 24.5 Å². The molecule has 2 heterocycles. The number of carbonyl (C=O) groups is 1. The van der Waals surface area contributed by atoms with Gasteiger partial charge in [-0.15, -0.1) is 0 Å². The topological polar surface area (TPSA) is 96.1 Å². The molecule has 0 saturated heterocycles. The van der Waals surface area contributed by atoms with E-state index in [-0.39, 0.29) is 11.1 Å². The Kier molecular flexibility index (Phi) is 5.83. The third kappa shape index (κ3) is 4.32. The van der Waals surface area contributed by atoms with Crippen molar-refractivity contribution < 1.29 is 9.53 Å². The van der Waals surface area contributed by atoms with Crippen LogP contribution in [0.15, 0.2) is 47.4 Å². The molecule has 3 rings (SSSR count). The van der Waals surface area contributed by atoms with Crippen LogP contribution in [0.3, 0.4) is 0 Å². The van der Waals surface area contributed by atoms with Gasteiger partial charge in [-0.1, -0.05) is 24.3 Å². The molecule has 0 fully saturated rings. The molecule has 0 unspecified atom stereocenters. The number of aromatic nitrogens is 2. The summed E-state index contributed by atoms with van der Waals surface area (Å²) in [6, 6.07) is 11.3. The Hall–Kier alpha value is -3.19. The number of ether oxygens (including phenoxy) is 1. The summed E-state index contributed by atoms with van der Waals surface area (Å²) in [5.74, 6) is -0.0872. The van der Waals surface area contributed by atoms with Crippen LogP contribution in [0.4, 0.5) is 0 Å². The predicted octanol–water partition coefficient (Wildman–Crippen LogP) is 1.97. The van der Waals surface area contributed by atoms with Crippen LogP contribution >= 0.6 is 0 Å². The van der Waals surface area contributed by atoms with Gasteiger partial charge in [0.15, 0.2) is 0 Å². The van der Waals surface area contributed by atoms with E-state index in [9.17, 15) is 9.59 Å². The molecule has 27 heavy (non-hydrogen) atoms. The quantitative estimate of drug-likeness (QED) is 0.594. The molecule has 2 aromatic heterocycles. The third-order valence-corrected chi connectivity index (χ3v) is 4.10. The number of nitrogens with zero attached hydrogens (tertiary/aromatic N) is 1. The molecule has 1 amide bonds. The minimum absolute atomic E-state index is 0.0236. The Balaban J connectivity index is 1.76. The van der Waals surface area contributed by atoms with E-state index >= 15 is 0 Å². The fraction of sp³-hybridized carbons (Fsp3) is 0.250. The molecule has 3 aromatic rings. The van der Waals surface area contributed by atoms with Crippen LogP contribution in [0.25, 0.3) is 11.0 Å². The van der Waals surface area contributed by atoms with Crippen molar-refractivity contribution in [3.05, 3.63) is 69.5 Å². The molecular weight excluding hydrogens is 344 g/mol. The number of H-pyrrole nitrogens is 1. The van der Waals surface area contributed by atoms with Crippen LogP contribution in [0.1, 0.15) is 28.4 Å². The number of rotatable bonds is 7. The molecule has 7 nitrogen and oxygen atoms in total. The molecule has 140 valence electrons. The first-order valence-corrected chi connectivity index (χ1v) is 8.78. The van der Waals surface area contributed by atoms with Crippen molar-refractivity contribution in [2.24, 2.45) is 0 Å². The van der Waals surface area contributed by atoms with Gasteiger partial charge in [0, 0.05) is 25.4 Å². The smallest absolute Gasteiger partial charge is 0.257 e. The second-order valence-electron chi connectivity index (χ2n) is 6.04. The summed E-state index contributed by atoms with van der Waals surface area (Å²) in [6.07, 6.45) is 1.41. The van der Waals surface area contributed by atoms with Gasteiger partial charge in [0.25, 0.3) is 5.91 Å². The highest BCUT2D eigenvalue weighted by Gasteiger charge is 2.14. The zero-order valence-corrected chi connectivity index (χ0v) is 15.3. The Morgan fingerprint density at radius 3 is 2.48 bits per heavy atom. The zero-order valence-electron chi connectivity index (χ0n) is 15.3. The number of hydrogen-bond donors (Lipinski definition) is 3. The molecule has 0 atom stereocenters. The molecular formula is C20H22N4O3. The highest BCUT2D eigenvalue weighted by molar-refractivity contribution is 5.96. The Morgan fingerprint density at radius 1 is 1.11 bits per heavy atom. The minimum Gasteiger partial charge on any atom is -0.478 e. The van der Waals surface area contributed by atoms with Crippen LogP contribution in [0, 0.1) is 0 Å². The number of amides is 1. The summed E-state index contributed by atoms with van der Waals surface area (Å²) in [7, 11) is 1.89. The first-order valence-electron chi connectivity index (χ1n) is 8.78. The van der Waals surface area contributed by atoms with Gasteiger partial charge in [0.05, 0.1) is 12.1 Å². The van der Waals surface area contributed by atoms with E-state index in [4.69, 9.17) is 4.74 Å². The van der Waals surface area contributed by atoms with Crippen molar-refractivity contribution in [2.75, 3.05) is 13.7 Å². The molecule has 0 spiro atoms. The first-order chi connectivity index (χ1) is 13.1. The first kappa shape index (κ1) is 18.6. The Labute approximate surface area is 156 Å². The standard InChI is InChI=1S/C20H22N4O3/c1-3-27-17-9-8-16-18(24-17)19(25)15(12-22-16)20(26)23-11-14-6-4-13(5-7-14)10-21-2/h4-9,12,21H,3,10-11H2,1-2H3,(H,22,25)(H,23,26). The van der Waals surface area contributed by atoms with Crippen molar-refractivity contribution in [3.8, 4) is 5.88 Å². The van der Waals surface area contributed by atoms with Gasteiger partial charge in [-0.05, 0) is 31.2 Å². The van der Waals surface area contributed by atoms with Gasteiger partial charge in [-0.3, -0.25) is 9.59 Å². The number of aromatic amines is 1. The molecule has 3 N–H and O–H groups in total. The molecule has 7 heteroatoms. The second kappa shape index (κ2) is 8.46. The van der Waals surface area contributed by atoms with E-state index in [1.807, 2.05) is 38.2 Å². The molecule has 0 bridgehead atoms. The van der Waals surface area contributed by atoms with Crippen LogP contribution in [-0.2, 0) is 13.1 Å². The van der Waals surface area contributed by atoms with Crippen molar-refractivity contribution in [3.63, 3.8) is 0 Å². The van der Waals surface area contributed by atoms with E-state index in [1.54, 1.807) is 12.1 Å². The lowest BCUT2D eigenvalue weighted by atomic mass is 10.1. The molecule has 0 aliphatic heterocycles. The summed E-state index contributed by atoms with van der Waals surface area (Å²) in [5, 5.41) is 5.86. The molecule has 0 radical (unpaired) electrons. The minimum atomic E-state index is -0.443. The maximum atomic E-state index is 12.6. The van der Waals surface area contributed by atoms with Crippen LogP contribution in [0.5, 0.6) is 5.88 Å². The van der Waals surface area contributed by atoms with Gasteiger partial charge in [0.1, 0.15) is 11.1 Å². The average molecular weight is 366 g/mol. The summed E-state index contributed by atoms with van der Waals surface area (Å²) in [6.45, 7) is 3.41. The van der Waals surface area contributed by atoms with Gasteiger partial charge < -0.3 is 20.4 Å². The number of nitrogens with one attached hydrogen (secondary N) is 3. The summed E-state index contributed by atoms with van der Waals surface area (Å²) in [5.41, 5.74) is 2.46. The fourth-order valence-electron chi connectivity index (χ4n) is 2.73. The lowest BCUT2D eigenvalue weighted by molar-refractivity contribution is 0.0949. The van der Waals surface area contributed by atoms with Gasteiger partial charge >= 0.3 is 0 Å². The van der Waals surface area contributed by atoms with E-state index < -0.39 is 11.3 Å². The Morgan fingerprint density at radius 2 is 1.81 bits per heavy atom. The second-order valence-corrected chi connectivity index (χ2v) is 6.04. The van der Waals surface area contributed by atoms with Gasteiger partial charge in [0.2, 0.25) is 11.3 Å². The maximum absolute atomic E-state index is 12.6. The molecule has 0 aliphatic carbocycles. The number of fused-ring (bicyclic) bond motifs is 1. The fourth-order valence-corrected chi connectivity index (χ4v) is 2.73. The summed E-state index contributed by atoms with van der Waals surface area (Å²) < 4.78 is 5.33. The van der Waals surface area contributed by atoms with Crippen LogP contribution in [-0.4, -0.2) is 29.5 Å². The highest BCUT2D eigenvalue weighted by Crippen LogP contribution is 2.12. The third-order valence-electron chi connectivity index (χ3n) is 4.10. The van der Waals surface area contributed by atoms with Crippen LogP contribution in [0.2, 0.25) is 0 Å². The number of benzene rings is 1. The lowest BCUT2D eigenvalue weighted by Crippen LogP contribution is -2.28. The normalized spacial score (nSPS) is 10.7. The zero-order chi connectivity index (χ0) is 19.2. The van der Waals surface area contributed by atoms with Gasteiger partial charge in [-0.25, -0.2) is 4.98 Å². The molecule has 1 aromatic carbocycles. The molecule has 0 aliphatic rings. The summed E-state index contributed by atoms with van der Waals surface area (Å²) >= 11 is 0. The SMILES string of the molecule is CCOc1ccc2[nH]cc(C(=O)NCc3ccc(CNC)cc3)c(=O)c2n1. The number of hydrogen-bond acceptors (Lipinski definition) is 5. The number of carbonyl (C=O) groups excluding carboxylic acids is 1. The van der Waals surface area contributed by atoms with E-state index in [0.717, 1.165) is 17.7 Å². The van der Waals surface area contributed by atoms with Crippen molar-refractivity contribution in [2.45, 2.75) is 20.0 Å². The van der Waals surface area contributed by atoms with Crippen molar-refractivity contribution >= 4 is 16.9 Å². The maximum Gasteiger partial charge on any atom is 0.257 e. The highest BCUT2D eigenvalue weighted by atomic mass is 16.5. The van der Waals surface area contributed by atoms with Crippen molar-refractivity contribution in [1.82, 2.24) is 20.6 Å². The van der Waals surface area contributed by atoms with Crippen molar-refractivity contribution in [1.29, 1.82) is 0 Å². The summed E-state index contributed by atoms with van der Waals surface area (Å²) in [4.78, 5) is 32.3. The van der Waals surface area contributed by atoms with Crippen LogP contribution < -0.4 is 20.8 Å². The van der Waals surface area contributed by atoms with E-state index in [1.165, 1.54) is 6.20 Å². The Bertz CT molecular complexity index is 996. The number of pyridine rings is 2. The lowest BCUT2D eigenvalue weighted by Gasteiger charge is -2.08. The predicted molar refractivity (Wildman–Crippen MR) is 104 cm³/mol. The largest absolute Gasteiger partial charge is 0.478 e. The molecule has 0 saturated carbocycles. The monoisotopic (exact) mass is 366 g/mol.